The SMILES string of the molecule is CNCC(O)C(O)c1scc2c1OCCO2. The van der Waals surface area contributed by atoms with Crippen molar-refractivity contribution >= 4 is 11.3 Å². The molecule has 2 unspecified atom stereocenters. The van der Waals surface area contributed by atoms with Crippen LogP contribution in [0.5, 0.6) is 11.5 Å². The monoisotopic (exact) mass is 245 g/mol. The van der Waals surface area contributed by atoms with Crippen molar-refractivity contribution in [1.82, 2.24) is 5.32 Å². The van der Waals surface area contributed by atoms with Crippen molar-refractivity contribution in [1.29, 1.82) is 0 Å². The summed E-state index contributed by atoms with van der Waals surface area (Å²) in [6, 6.07) is 0. The number of ether oxygens (including phenoxy) is 2. The average molecular weight is 245 g/mol. The molecule has 0 spiro atoms. The lowest BCUT2D eigenvalue weighted by Crippen LogP contribution is -2.29. The van der Waals surface area contributed by atoms with Crippen LogP contribution in [0.1, 0.15) is 11.0 Å². The lowest BCUT2D eigenvalue weighted by Gasteiger charge is -2.20. The minimum absolute atomic E-state index is 0.328. The first-order valence-electron chi connectivity index (χ1n) is 5.11. The van der Waals surface area contributed by atoms with Crippen LogP contribution in [-0.2, 0) is 0 Å². The molecule has 2 heterocycles. The Morgan fingerprint density at radius 2 is 2.19 bits per heavy atom. The van der Waals surface area contributed by atoms with E-state index in [-0.39, 0.29) is 0 Å². The third-order valence-electron chi connectivity index (χ3n) is 2.37. The van der Waals surface area contributed by atoms with Crippen LogP contribution < -0.4 is 14.8 Å². The second kappa shape index (κ2) is 5.01. The van der Waals surface area contributed by atoms with E-state index in [1.54, 1.807) is 12.4 Å². The van der Waals surface area contributed by atoms with Crippen molar-refractivity contribution < 1.29 is 19.7 Å². The summed E-state index contributed by atoms with van der Waals surface area (Å²) in [6.45, 7) is 1.33. The summed E-state index contributed by atoms with van der Waals surface area (Å²) in [4.78, 5) is 0.623. The first-order chi connectivity index (χ1) is 7.74. The van der Waals surface area contributed by atoms with E-state index in [0.29, 0.717) is 36.1 Å². The third kappa shape index (κ3) is 2.15. The van der Waals surface area contributed by atoms with Crippen molar-refractivity contribution in [3.63, 3.8) is 0 Å². The van der Waals surface area contributed by atoms with E-state index >= 15 is 0 Å². The van der Waals surface area contributed by atoms with Gasteiger partial charge in [-0.15, -0.1) is 11.3 Å². The van der Waals surface area contributed by atoms with E-state index in [2.05, 4.69) is 5.32 Å². The minimum atomic E-state index is -0.942. The molecule has 0 amide bonds. The maximum atomic E-state index is 9.95. The van der Waals surface area contributed by atoms with E-state index in [0.717, 1.165) is 0 Å². The van der Waals surface area contributed by atoms with E-state index in [1.165, 1.54) is 11.3 Å². The van der Waals surface area contributed by atoms with Gasteiger partial charge in [-0.05, 0) is 7.05 Å². The van der Waals surface area contributed by atoms with Crippen molar-refractivity contribution in [3.8, 4) is 11.5 Å². The quantitative estimate of drug-likeness (QED) is 0.703. The number of aliphatic hydroxyl groups excluding tert-OH is 2. The van der Waals surface area contributed by atoms with Crippen LogP contribution in [0, 0.1) is 0 Å². The highest BCUT2D eigenvalue weighted by molar-refractivity contribution is 7.10. The number of nitrogens with one attached hydrogen (secondary N) is 1. The predicted molar refractivity (Wildman–Crippen MR) is 60.2 cm³/mol. The Morgan fingerprint density at radius 3 is 2.94 bits per heavy atom. The van der Waals surface area contributed by atoms with Gasteiger partial charge in [-0.25, -0.2) is 0 Å². The summed E-state index contributed by atoms with van der Waals surface area (Å²) in [6.07, 6.45) is -1.79. The van der Waals surface area contributed by atoms with Gasteiger partial charge in [0.2, 0.25) is 0 Å². The van der Waals surface area contributed by atoms with Crippen molar-refractivity contribution in [2.75, 3.05) is 26.8 Å². The lowest BCUT2D eigenvalue weighted by molar-refractivity contribution is 0.0198. The zero-order valence-electron chi connectivity index (χ0n) is 8.97. The molecule has 1 aromatic heterocycles. The maximum absolute atomic E-state index is 9.95. The highest BCUT2D eigenvalue weighted by Gasteiger charge is 2.27. The zero-order chi connectivity index (χ0) is 11.5. The van der Waals surface area contributed by atoms with Crippen LogP contribution in [0.4, 0.5) is 0 Å². The Labute approximate surface area is 97.6 Å². The number of fused-ring (bicyclic) bond motifs is 1. The normalized spacial score (nSPS) is 18.2. The molecule has 0 saturated heterocycles. The first-order valence-corrected chi connectivity index (χ1v) is 5.99. The molecule has 3 N–H and O–H groups in total. The summed E-state index contributed by atoms with van der Waals surface area (Å²) in [5, 5.41) is 24.2. The van der Waals surface area contributed by atoms with E-state index in [1.807, 2.05) is 0 Å². The predicted octanol–water partition coefficient (Wildman–Crippen LogP) is 0.133. The molecule has 0 saturated carbocycles. The zero-order valence-corrected chi connectivity index (χ0v) is 9.79. The smallest absolute Gasteiger partial charge is 0.178 e. The second-order valence-corrected chi connectivity index (χ2v) is 4.47. The van der Waals surface area contributed by atoms with Gasteiger partial charge in [0.1, 0.15) is 19.3 Å². The fraction of sp³-hybridized carbons (Fsp3) is 0.600. The molecule has 1 aliphatic heterocycles. The molecule has 0 radical (unpaired) electrons. The molecular formula is C10H15NO4S. The molecule has 0 fully saturated rings. The van der Waals surface area contributed by atoms with Gasteiger partial charge < -0.3 is 25.0 Å². The van der Waals surface area contributed by atoms with Gasteiger partial charge >= 0.3 is 0 Å². The molecule has 0 bridgehead atoms. The van der Waals surface area contributed by atoms with Gasteiger partial charge in [0, 0.05) is 11.9 Å². The molecule has 5 nitrogen and oxygen atoms in total. The van der Waals surface area contributed by atoms with Crippen molar-refractivity contribution in [3.05, 3.63) is 10.3 Å². The number of aliphatic hydroxyl groups is 2. The molecule has 1 aromatic rings. The van der Waals surface area contributed by atoms with E-state index in [4.69, 9.17) is 9.47 Å². The highest BCUT2D eigenvalue weighted by atomic mass is 32.1. The van der Waals surface area contributed by atoms with Gasteiger partial charge in [0.25, 0.3) is 0 Å². The number of hydrogen-bond donors (Lipinski definition) is 3. The molecule has 2 atom stereocenters. The van der Waals surface area contributed by atoms with Crippen molar-refractivity contribution in [2.45, 2.75) is 12.2 Å². The van der Waals surface area contributed by atoms with Crippen LogP contribution in [0.25, 0.3) is 0 Å². The van der Waals surface area contributed by atoms with Gasteiger partial charge in [0.15, 0.2) is 11.5 Å². The minimum Gasteiger partial charge on any atom is -0.485 e. The van der Waals surface area contributed by atoms with Gasteiger partial charge in [-0.1, -0.05) is 0 Å². The lowest BCUT2D eigenvalue weighted by atomic mass is 10.1. The summed E-state index contributed by atoms with van der Waals surface area (Å²) in [7, 11) is 1.72. The van der Waals surface area contributed by atoms with Crippen LogP contribution in [-0.4, -0.2) is 43.1 Å². The summed E-state index contributed by atoms with van der Waals surface area (Å²) in [5.41, 5.74) is 0. The number of likely N-dealkylation sites (N-methyl/N-ethyl adjacent to an activating group) is 1. The molecule has 2 rings (SSSR count). The van der Waals surface area contributed by atoms with Crippen LogP contribution in [0.3, 0.4) is 0 Å². The Bertz CT molecular complexity index is 355. The summed E-state index contributed by atoms with van der Waals surface area (Å²) >= 11 is 1.34. The fourth-order valence-corrected chi connectivity index (χ4v) is 2.55. The Kier molecular flexibility index (Phi) is 3.65. The highest BCUT2D eigenvalue weighted by Crippen LogP contribution is 2.43. The molecule has 1 aliphatic rings. The van der Waals surface area contributed by atoms with Crippen LogP contribution in [0.15, 0.2) is 5.38 Å². The fourth-order valence-electron chi connectivity index (χ4n) is 1.58. The Balaban J connectivity index is 2.16. The molecule has 90 valence electrons. The topological polar surface area (TPSA) is 71.0 Å². The largest absolute Gasteiger partial charge is 0.485 e. The van der Waals surface area contributed by atoms with Crippen LogP contribution >= 0.6 is 11.3 Å². The Hall–Kier alpha value is -0.820. The van der Waals surface area contributed by atoms with Crippen molar-refractivity contribution in [2.24, 2.45) is 0 Å². The molecule has 0 aromatic carbocycles. The average Bonchev–Trinajstić information content (AvgIpc) is 2.72. The van der Waals surface area contributed by atoms with Crippen LogP contribution in [0.2, 0.25) is 0 Å². The standard InChI is InChI=1S/C10H15NO4S/c1-11-4-6(12)8(13)10-9-7(5-16-10)14-2-3-15-9/h5-6,8,11-13H,2-4H2,1H3. The van der Waals surface area contributed by atoms with Gasteiger partial charge in [0.05, 0.1) is 11.0 Å². The third-order valence-corrected chi connectivity index (χ3v) is 3.39. The second-order valence-electron chi connectivity index (χ2n) is 3.56. The molecular weight excluding hydrogens is 230 g/mol. The number of rotatable bonds is 4. The number of hydrogen-bond acceptors (Lipinski definition) is 6. The molecule has 16 heavy (non-hydrogen) atoms. The first kappa shape index (κ1) is 11.7. The van der Waals surface area contributed by atoms with E-state index < -0.39 is 12.2 Å². The van der Waals surface area contributed by atoms with E-state index in [9.17, 15) is 10.2 Å². The van der Waals surface area contributed by atoms with Gasteiger partial charge in [-0.2, -0.15) is 0 Å². The number of thiophene rings is 1. The molecule has 0 aliphatic carbocycles. The summed E-state index contributed by atoms with van der Waals surface area (Å²) in [5.74, 6) is 1.22. The summed E-state index contributed by atoms with van der Waals surface area (Å²) < 4.78 is 10.8. The Morgan fingerprint density at radius 1 is 1.44 bits per heavy atom. The van der Waals surface area contributed by atoms with Gasteiger partial charge in [-0.3, -0.25) is 0 Å². The molecule has 6 heteroatoms. The maximum Gasteiger partial charge on any atom is 0.178 e.